The van der Waals surface area contributed by atoms with Gasteiger partial charge in [0.05, 0.1) is 14.2 Å². The first-order valence-corrected chi connectivity index (χ1v) is 7.17. The zero-order valence-electron chi connectivity index (χ0n) is 12.1. The summed E-state index contributed by atoms with van der Waals surface area (Å²) in [4.78, 5) is 50.0. The summed E-state index contributed by atoms with van der Waals surface area (Å²) in [6.45, 7) is 0. The molecule has 0 aromatic heterocycles. The molecule has 4 rings (SSSR count). The maximum Gasteiger partial charge on any atom is 0.319 e. The van der Waals surface area contributed by atoms with Crippen LogP contribution < -0.4 is 0 Å². The van der Waals surface area contributed by atoms with Gasteiger partial charge in [-0.2, -0.15) is 0 Å². The van der Waals surface area contributed by atoms with E-state index in [0.29, 0.717) is 12.8 Å². The second-order valence-corrected chi connectivity index (χ2v) is 6.43. The number of methoxy groups -OCH3 is 2. The molecule has 6 nitrogen and oxygen atoms in total. The van der Waals surface area contributed by atoms with Crippen LogP contribution >= 0.6 is 0 Å². The molecular weight excluding hydrogens is 276 g/mol. The summed E-state index contributed by atoms with van der Waals surface area (Å²) < 4.78 is 9.66. The van der Waals surface area contributed by atoms with Gasteiger partial charge in [0.25, 0.3) is 0 Å². The monoisotopic (exact) mass is 294 g/mol. The van der Waals surface area contributed by atoms with Gasteiger partial charge in [-0.05, 0) is 32.1 Å². The van der Waals surface area contributed by atoms with E-state index in [1.807, 2.05) is 0 Å². The Morgan fingerprint density at radius 2 is 1.29 bits per heavy atom. The summed E-state index contributed by atoms with van der Waals surface area (Å²) in [6.07, 6.45) is 1.35. The molecule has 4 saturated carbocycles. The molecule has 0 N–H and O–H groups in total. The van der Waals surface area contributed by atoms with Crippen LogP contribution in [0.25, 0.3) is 0 Å². The number of hydrogen-bond acceptors (Lipinski definition) is 6. The summed E-state index contributed by atoms with van der Waals surface area (Å²) in [5.74, 6) is -2.44. The number of ether oxygens (including phenoxy) is 2. The lowest BCUT2D eigenvalue weighted by Crippen LogP contribution is -2.61. The largest absolute Gasteiger partial charge is 0.468 e. The molecule has 4 atom stereocenters. The molecule has 6 heteroatoms. The highest BCUT2D eigenvalue weighted by molar-refractivity contribution is 6.14. The number of Topliss-reactive ketones (excluding diaryl/α,β-unsaturated/α-hetero) is 2. The van der Waals surface area contributed by atoms with Crippen molar-refractivity contribution in [3.05, 3.63) is 0 Å². The normalized spacial score (nSPS) is 40.9. The molecule has 0 spiro atoms. The fourth-order valence-corrected chi connectivity index (χ4v) is 4.61. The number of rotatable bonds is 2. The van der Waals surface area contributed by atoms with Crippen molar-refractivity contribution >= 4 is 23.5 Å². The maximum atomic E-state index is 12.7. The minimum absolute atomic E-state index is 0.0932. The predicted molar refractivity (Wildman–Crippen MR) is 69.0 cm³/mol. The number of carbonyl (C=O) groups is 4. The van der Waals surface area contributed by atoms with Crippen LogP contribution in [0.15, 0.2) is 0 Å². The minimum atomic E-state index is -1.35. The first kappa shape index (κ1) is 14.2. The Morgan fingerprint density at radius 3 is 1.62 bits per heavy atom. The molecule has 0 aromatic rings. The molecule has 4 fully saturated rings. The molecule has 4 bridgehead atoms. The maximum absolute atomic E-state index is 12.7. The van der Waals surface area contributed by atoms with E-state index in [0.717, 1.165) is 0 Å². The molecule has 0 radical (unpaired) electrons. The first-order valence-electron chi connectivity index (χ1n) is 7.17. The second kappa shape index (κ2) is 4.39. The Balaban J connectivity index is 2.18. The van der Waals surface area contributed by atoms with Crippen molar-refractivity contribution < 1.29 is 28.7 Å². The Hall–Kier alpha value is -1.72. The lowest BCUT2D eigenvalue weighted by Gasteiger charge is -2.49. The highest BCUT2D eigenvalue weighted by Crippen LogP contribution is 2.60. The van der Waals surface area contributed by atoms with Gasteiger partial charge in [-0.1, -0.05) is 0 Å². The van der Waals surface area contributed by atoms with Gasteiger partial charge in [0.1, 0.15) is 10.8 Å². The standard InChI is InChI=1S/C15H18O6/c1-20-12(18)14-5-8-3-4-9(10(14)16)6-15(7-14,11(8)17)13(19)21-2/h8-9H,3-7H2,1-2H3/t8-,9+,14-,15+. The molecule has 0 saturated heterocycles. The predicted octanol–water partition coefficient (Wildman–Crippen LogP) is 0.667. The van der Waals surface area contributed by atoms with Gasteiger partial charge in [-0.15, -0.1) is 0 Å². The zero-order chi connectivity index (χ0) is 15.4. The average molecular weight is 294 g/mol. The van der Waals surface area contributed by atoms with E-state index in [1.54, 1.807) is 0 Å². The number of fused-ring (bicyclic) bond motifs is 1. The lowest BCUT2D eigenvalue weighted by atomic mass is 9.50. The van der Waals surface area contributed by atoms with E-state index in [4.69, 9.17) is 9.47 Å². The highest BCUT2D eigenvalue weighted by Gasteiger charge is 2.70. The molecule has 114 valence electrons. The molecule has 0 amide bonds. The van der Waals surface area contributed by atoms with E-state index in [9.17, 15) is 19.2 Å². The average Bonchev–Trinajstić information content (AvgIpc) is 2.66. The summed E-state index contributed by atoms with van der Waals surface area (Å²) >= 11 is 0. The van der Waals surface area contributed by atoms with Crippen molar-refractivity contribution in [2.45, 2.75) is 32.1 Å². The van der Waals surface area contributed by atoms with Crippen molar-refractivity contribution in [3.63, 3.8) is 0 Å². The molecule has 4 aliphatic carbocycles. The molecule has 0 unspecified atom stereocenters. The topological polar surface area (TPSA) is 86.7 Å². The van der Waals surface area contributed by atoms with Gasteiger partial charge in [0.15, 0.2) is 11.6 Å². The van der Waals surface area contributed by atoms with Crippen LogP contribution in [0, 0.1) is 22.7 Å². The number of hydrogen-bond donors (Lipinski definition) is 0. The summed E-state index contributed by atoms with van der Waals surface area (Å²) in [5, 5.41) is 0. The Kier molecular flexibility index (Phi) is 2.97. The van der Waals surface area contributed by atoms with Gasteiger partial charge >= 0.3 is 11.9 Å². The van der Waals surface area contributed by atoms with Crippen molar-refractivity contribution in [1.82, 2.24) is 0 Å². The van der Waals surface area contributed by atoms with E-state index < -0.39 is 34.6 Å². The highest BCUT2D eigenvalue weighted by atomic mass is 16.5. The van der Waals surface area contributed by atoms with E-state index in [1.165, 1.54) is 14.2 Å². The van der Waals surface area contributed by atoms with Crippen molar-refractivity contribution in [2.24, 2.45) is 22.7 Å². The quantitative estimate of drug-likeness (QED) is 0.549. The van der Waals surface area contributed by atoms with Gasteiger partial charge in [0.2, 0.25) is 0 Å². The number of ketones is 2. The second-order valence-electron chi connectivity index (χ2n) is 6.43. The van der Waals surface area contributed by atoms with Crippen molar-refractivity contribution in [1.29, 1.82) is 0 Å². The van der Waals surface area contributed by atoms with Crippen LogP contribution in [0.5, 0.6) is 0 Å². The van der Waals surface area contributed by atoms with Crippen molar-refractivity contribution in [2.75, 3.05) is 14.2 Å². The van der Waals surface area contributed by atoms with Crippen molar-refractivity contribution in [3.8, 4) is 0 Å². The summed E-state index contributed by atoms with van der Waals surface area (Å²) in [5.41, 5.74) is -2.69. The van der Waals surface area contributed by atoms with Gasteiger partial charge in [0, 0.05) is 11.8 Å². The Morgan fingerprint density at radius 1 is 0.905 bits per heavy atom. The molecule has 0 heterocycles. The molecule has 0 aromatic carbocycles. The molecule has 0 aliphatic heterocycles. The number of esters is 2. The smallest absolute Gasteiger partial charge is 0.319 e. The summed E-state index contributed by atoms with van der Waals surface area (Å²) in [6, 6.07) is 0. The van der Waals surface area contributed by atoms with Crippen LogP contribution in [-0.4, -0.2) is 37.7 Å². The molecular formula is C15H18O6. The van der Waals surface area contributed by atoms with Crippen LogP contribution in [0.1, 0.15) is 32.1 Å². The Labute approximate surface area is 122 Å². The van der Waals surface area contributed by atoms with Gasteiger partial charge < -0.3 is 9.47 Å². The first-order chi connectivity index (χ1) is 9.91. The Bertz CT molecular complexity index is 504. The van der Waals surface area contributed by atoms with E-state index in [-0.39, 0.29) is 30.8 Å². The fraction of sp³-hybridized carbons (Fsp3) is 0.733. The van der Waals surface area contributed by atoms with E-state index in [2.05, 4.69) is 0 Å². The van der Waals surface area contributed by atoms with Crippen LogP contribution in [-0.2, 0) is 28.7 Å². The van der Waals surface area contributed by atoms with Gasteiger partial charge in [-0.25, -0.2) is 0 Å². The minimum Gasteiger partial charge on any atom is -0.468 e. The SMILES string of the molecule is COC(=O)[C@]12C[C@H]3CC[C@@H](C[C@](C(=O)OC)(C1)C3=O)C2=O. The van der Waals surface area contributed by atoms with Crippen LogP contribution in [0.3, 0.4) is 0 Å². The fourth-order valence-electron chi connectivity index (χ4n) is 4.61. The third-order valence-electron chi connectivity index (χ3n) is 5.49. The zero-order valence-corrected chi connectivity index (χ0v) is 12.1. The number of carbonyl (C=O) groups excluding carboxylic acids is 4. The van der Waals surface area contributed by atoms with Gasteiger partial charge in [-0.3, -0.25) is 19.2 Å². The third kappa shape index (κ3) is 1.59. The summed E-state index contributed by atoms with van der Waals surface area (Å²) in [7, 11) is 2.47. The lowest BCUT2D eigenvalue weighted by molar-refractivity contribution is -0.182. The third-order valence-corrected chi connectivity index (χ3v) is 5.49. The van der Waals surface area contributed by atoms with Crippen LogP contribution in [0.2, 0.25) is 0 Å². The van der Waals surface area contributed by atoms with E-state index >= 15 is 0 Å². The molecule has 21 heavy (non-hydrogen) atoms. The molecule has 4 aliphatic rings. The van der Waals surface area contributed by atoms with Crippen LogP contribution in [0.4, 0.5) is 0 Å².